The van der Waals surface area contributed by atoms with Gasteiger partial charge in [-0.3, -0.25) is 4.79 Å². The van der Waals surface area contributed by atoms with Gasteiger partial charge in [0.05, 0.1) is 12.5 Å². The van der Waals surface area contributed by atoms with Crippen molar-refractivity contribution in [1.29, 1.82) is 0 Å². The molecule has 5 heteroatoms. The fourth-order valence-corrected chi connectivity index (χ4v) is 2.61. The minimum absolute atomic E-state index is 0.0567. The van der Waals surface area contributed by atoms with E-state index in [-0.39, 0.29) is 18.4 Å². The maximum absolute atomic E-state index is 12.2. The number of amides is 1. The molecule has 1 aromatic heterocycles. The van der Waals surface area contributed by atoms with Crippen LogP contribution in [-0.2, 0) is 11.2 Å². The average molecular weight is 359 g/mol. The van der Waals surface area contributed by atoms with Gasteiger partial charge in [-0.25, -0.2) is 0 Å². The SMILES string of the molecule is CC(NC(=O)Cc1noc2ccccc12)c1ccc(Br)cc1. The molecule has 0 fully saturated rings. The van der Waals surface area contributed by atoms with Gasteiger partial charge in [0.15, 0.2) is 5.58 Å². The van der Waals surface area contributed by atoms with E-state index < -0.39 is 0 Å². The van der Waals surface area contributed by atoms with Gasteiger partial charge in [0, 0.05) is 9.86 Å². The second kappa shape index (κ2) is 6.32. The number of aromatic nitrogens is 1. The number of fused-ring (bicyclic) bond motifs is 1. The summed E-state index contributed by atoms with van der Waals surface area (Å²) in [7, 11) is 0. The van der Waals surface area contributed by atoms with Crippen LogP contribution in [-0.4, -0.2) is 11.1 Å². The van der Waals surface area contributed by atoms with Crippen LogP contribution in [0.4, 0.5) is 0 Å². The van der Waals surface area contributed by atoms with Gasteiger partial charge in [-0.15, -0.1) is 0 Å². The average Bonchev–Trinajstić information content (AvgIpc) is 2.91. The summed E-state index contributed by atoms with van der Waals surface area (Å²) in [5, 5.41) is 7.85. The predicted octanol–water partition coefficient (Wildman–Crippen LogP) is 4.01. The van der Waals surface area contributed by atoms with E-state index in [1.165, 1.54) is 0 Å². The van der Waals surface area contributed by atoms with Crippen LogP contribution in [0.2, 0.25) is 0 Å². The fraction of sp³-hybridized carbons (Fsp3) is 0.176. The lowest BCUT2D eigenvalue weighted by Gasteiger charge is -2.14. The standard InChI is InChI=1S/C17H15BrN2O2/c1-11(12-6-8-13(18)9-7-12)19-17(21)10-15-14-4-2-3-5-16(14)22-20-15/h2-9,11H,10H2,1H3,(H,19,21). The molecule has 0 aliphatic heterocycles. The monoisotopic (exact) mass is 358 g/mol. The highest BCUT2D eigenvalue weighted by atomic mass is 79.9. The second-order valence-corrected chi connectivity index (χ2v) is 6.06. The number of halogens is 1. The maximum Gasteiger partial charge on any atom is 0.226 e. The van der Waals surface area contributed by atoms with E-state index in [0.717, 1.165) is 15.4 Å². The molecule has 3 aromatic rings. The second-order valence-electron chi connectivity index (χ2n) is 5.14. The number of para-hydroxylation sites is 1. The van der Waals surface area contributed by atoms with Crippen LogP contribution in [0, 0.1) is 0 Å². The van der Waals surface area contributed by atoms with E-state index in [2.05, 4.69) is 26.4 Å². The molecular weight excluding hydrogens is 344 g/mol. The predicted molar refractivity (Wildman–Crippen MR) is 88.4 cm³/mol. The summed E-state index contributed by atoms with van der Waals surface area (Å²) in [5.74, 6) is -0.0746. The molecule has 1 heterocycles. The van der Waals surface area contributed by atoms with Gasteiger partial charge in [-0.1, -0.05) is 45.4 Å². The zero-order valence-corrected chi connectivity index (χ0v) is 13.6. The summed E-state index contributed by atoms with van der Waals surface area (Å²) in [5.41, 5.74) is 2.42. The van der Waals surface area contributed by atoms with E-state index in [4.69, 9.17) is 4.52 Å². The third-order valence-electron chi connectivity index (χ3n) is 3.53. The zero-order valence-electron chi connectivity index (χ0n) is 12.0. The van der Waals surface area contributed by atoms with E-state index in [0.29, 0.717) is 11.3 Å². The molecule has 0 spiro atoms. The summed E-state index contributed by atoms with van der Waals surface area (Å²) in [6, 6.07) is 15.4. The Balaban J connectivity index is 1.68. The smallest absolute Gasteiger partial charge is 0.226 e. The highest BCUT2D eigenvalue weighted by molar-refractivity contribution is 9.10. The van der Waals surface area contributed by atoms with Crippen LogP contribution in [0.15, 0.2) is 57.5 Å². The van der Waals surface area contributed by atoms with E-state index in [9.17, 15) is 4.79 Å². The maximum atomic E-state index is 12.2. The first-order valence-corrected chi connectivity index (χ1v) is 7.81. The Hall–Kier alpha value is -2.14. The number of benzene rings is 2. The van der Waals surface area contributed by atoms with Gasteiger partial charge in [0.25, 0.3) is 0 Å². The molecule has 2 aromatic carbocycles. The number of hydrogen-bond acceptors (Lipinski definition) is 3. The quantitative estimate of drug-likeness (QED) is 0.766. The van der Waals surface area contributed by atoms with Crippen molar-refractivity contribution in [3.63, 3.8) is 0 Å². The van der Waals surface area contributed by atoms with Crippen molar-refractivity contribution in [3.05, 3.63) is 64.3 Å². The fourth-order valence-electron chi connectivity index (χ4n) is 2.34. The van der Waals surface area contributed by atoms with Crippen LogP contribution in [0.25, 0.3) is 11.0 Å². The Labute approximate surface area is 136 Å². The van der Waals surface area contributed by atoms with Crippen molar-refractivity contribution >= 4 is 32.8 Å². The van der Waals surface area contributed by atoms with Crippen molar-refractivity contribution in [2.24, 2.45) is 0 Å². The molecule has 1 N–H and O–H groups in total. The van der Waals surface area contributed by atoms with Gasteiger partial charge in [0.2, 0.25) is 5.91 Å². The summed E-state index contributed by atoms with van der Waals surface area (Å²) in [6.45, 7) is 1.96. The minimum Gasteiger partial charge on any atom is -0.356 e. The molecule has 0 bridgehead atoms. The number of rotatable bonds is 4. The first-order valence-electron chi connectivity index (χ1n) is 7.01. The lowest BCUT2D eigenvalue weighted by Crippen LogP contribution is -2.28. The first-order chi connectivity index (χ1) is 10.6. The van der Waals surface area contributed by atoms with E-state index in [1.54, 1.807) is 0 Å². The van der Waals surface area contributed by atoms with Crippen molar-refractivity contribution in [2.75, 3.05) is 0 Å². The number of nitrogens with zero attached hydrogens (tertiary/aromatic N) is 1. The lowest BCUT2D eigenvalue weighted by molar-refractivity contribution is -0.121. The topological polar surface area (TPSA) is 55.1 Å². The summed E-state index contributed by atoms with van der Waals surface area (Å²) < 4.78 is 6.23. The summed E-state index contributed by atoms with van der Waals surface area (Å²) >= 11 is 3.40. The van der Waals surface area contributed by atoms with E-state index >= 15 is 0 Å². The first kappa shape index (κ1) is 14.8. The van der Waals surface area contributed by atoms with Crippen molar-refractivity contribution < 1.29 is 9.32 Å². The zero-order chi connectivity index (χ0) is 15.5. The highest BCUT2D eigenvalue weighted by Gasteiger charge is 2.14. The van der Waals surface area contributed by atoms with Crippen molar-refractivity contribution in [3.8, 4) is 0 Å². The molecular formula is C17H15BrN2O2. The molecule has 0 radical (unpaired) electrons. The largest absolute Gasteiger partial charge is 0.356 e. The minimum atomic E-state index is -0.0746. The number of carbonyl (C=O) groups excluding carboxylic acids is 1. The molecule has 0 aliphatic rings. The summed E-state index contributed by atoms with van der Waals surface area (Å²) in [4.78, 5) is 12.2. The molecule has 0 aliphatic carbocycles. The van der Waals surface area contributed by atoms with Crippen molar-refractivity contribution in [2.45, 2.75) is 19.4 Å². The van der Waals surface area contributed by atoms with Crippen LogP contribution in [0.1, 0.15) is 24.2 Å². The Kier molecular flexibility index (Phi) is 4.24. The molecule has 1 unspecified atom stereocenters. The molecule has 22 heavy (non-hydrogen) atoms. The molecule has 1 atom stereocenters. The van der Waals surface area contributed by atoms with E-state index in [1.807, 2.05) is 55.5 Å². The number of carbonyl (C=O) groups is 1. The third kappa shape index (κ3) is 3.20. The van der Waals surface area contributed by atoms with Gasteiger partial charge in [-0.05, 0) is 36.8 Å². The Morgan fingerprint density at radius 2 is 1.95 bits per heavy atom. The molecule has 3 rings (SSSR count). The van der Waals surface area contributed by atoms with Crippen LogP contribution in [0.5, 0.6) is 0 Å². The number of hydrogen-bond donors (Lipinski definition) is 1. The number of nitrogens with one attached hydrogen (secondary N) is 1. The van der Waals surface area contributed by atoms with Gasteiger partial charge in [0.1, 0.15) is 5.69 Å². The van der Waals surface area contributed by atoms with Crippen LogP contribution < -0.4 is 5.32 Å². The molecule has 112 valence electrons. The molecule has 4 nitrogen and oxygen atoms in total. The Morgan fingerprint density at radius 3 is 2.73 bits per heavy atom. The molecule has 0 saturated carbocycles. The molecule has 1 amide bonds. The highest BCUT2D eigenvalue weighted by Crippen LogP contribution is 2.19. The normalized spacial score (nSPS) is 12.3. The Bertz CT molecular complexity index is 796. The summed E-state index contributed by atoms with van der Waals surface area (Å²) in [6.07, 6.45) is 0.206. The van der Waals surface area contributed by atoms with Crippen molar-refractivity contribution in [1.82, 2.24) is 10.5 Å². The van der Waals surface area contributed by atoms with Gasteiger partial charge >= 0.3 is 0 Å². The lowest BCUT2D eigenvalue weighted by atomic mass is 10.1. The molecule has 0 saturated heterocycles. The van der Waals surface area contributed by atoms with Crippen LogP contribution in [0.3, 0.4) is 0 Å². The Morgan fingerprint density at radius 1 is 1.23 bits per heavy atom. The van der Waals surface area contributed by atoms with Crippen LogP contribution >= 0.6 is 15.9 Å². The van der Waals surface area contributed by atoms with Gasteiger partial charge in [-0.2, -0.15) is 0 Å². The van der Waals surface area contributed by atoms with Gasteiger partial charge < -0.3 is 9.84 Å². The third-order valence-corrected chi connectivity index (χ3v) is 4.06.